The number of nitrogens with zero attached hydrogens (tertiary/aromatic N) is 2. The molecule has 0 radical (unpaired) electrons. The van der Waals surface area contributed by atoms with Crippen LogP contribution in [0.15, 0.2) is 34.6 Å². The van der Waals surface area contributed by atoms with Gasteiger partial charge in [-0.25, -0.2) is 9.98 Å². The molecule has 0 bridgehead atoms. The van der Waals surface area contributed by atoms with E-state index >= 15 is 0 Å². The van der Waals surface area contributed by atoms with Gasteiger partial charge in [-0.2, -0.15) is 0 Å². The average Bonchev–Trinajstić information content (AvgIpc) is 2.87. The lowest BCUT2D eigenvalue weighted by Crippen LogP contribution is -2.20. The maximum absolute atomic E-state index is 7.20. The first-order valence-electron chi connectivity index (χ1n) is 6.12. The van der Waals surface area contributed by atoms with Gasteiger partial charge in [-0.15, -0.1) is 11.3 Å². The number of nitrogens with two attached hydrogens (primary N) is 1. The van der Waals surface area contributed by atoms with E-state index < -0.39 is 0 Å². The van der Waals surface area contributed by atoms with Crippen molar-refractivity contribution in [3.8, 4) is 11.3 Å². The number of guanidine groups is 1. The van der Waals surface area contributed by atoms with Gasteiger partial charge in [-0.05, 0) is 13.0 Å². The van der Waals surface area contributed by atoms with E-state index in [4.69, 9.17) is 11.1 Å². The Morgan fingerprint density at radius 1 is 1.50 bits per heavy atom. The summed E-state index contributed by atoms with van der Waals surface area (Å²) >= 11 is 1.40. The number of hydrogen-bond acceptors (Lipinski definition) is 4. The quantitative estimate of drug-likeness (QED) is 0.501. The summed E-state index contributed by atoms with van der Waals surface area (Å²) in [5, 5.41) is 15.4. The predicted octanol–water partition coefficient (Wildman–Crippen LogP) is 2.38. The van der Waals surface area contributed by atoms with Crippen molar-refractivity contribution in [1.82, 2.24) is 10.3 Å². The summed E-state index contributed by atoms with van der Waals surface area (Å²) in [7, 11) is 0. The molecule has 104 valence electrons. The highest BCUT2D eigenvalue weighted by Crippen LogP contribution is 2.31. The summed E-state index contributed by atoms with van der Waals surface area (Å²) in [4.78, 5) is 8.79. The monoisotopic (exact) mass is 288 g/mol. The first-order chi connectivity index (χ1) is 9.70. The fraction of sp³-hybridized carbons (Fsp3) is 0.154. The Bertz CT molecular complexity index is 619. The van der Waals surface area contributed by atoms with Gasteiger partial charge in [-0.1, -0.05) is 18.2 Å². The number of aromatic nitrogens is 1. The number of anilines is 1. The molecule has 0 saturated carbocycles. The molecule has 2 rings (SSSR count). The molecule has 1 aromatic carbocycles. The molecule has 0 atom stereocenters. The number of hydrogen-bond donors (Lipinski definition) is 4. The average molecular weight is 288 g/mol. The van der Waals surface area contributed by atoms with E-state index in [9.17, 15) is 0 Å². The van der Waals surface area contributed by atoms with Gasteiger partial charge in [0, 0.05) is 17.5 Å². The van der Waals surface area contributed by atoms with Crippen molar-refractivity contribution >= 4 is 34.5 Å². The van der Waals surface area contributed by atoms with Crippen LogP contribution >= 0.6 is 11.3 Å². The van der Waals surface area contributed by atoms with Gasteiger partial charge in [-0.3, -0.25) is 5.41 Å². The van der Waals surface area contributed by atoms with Crippen LogP contribution in [-0.2, 0) is 0 Å². The molecule has 1 aromatic heterocycles. The molecule has 0 aliphatic heterocycles. The van der Waals surface area contributed by atoms with E-state index in [2.05, 4.69) is 20.6 Å². The van der Waals surface area contributed by atoms with Crippen molar-refractivity contribution in [3.05, 3.63) is 29.6 Å². The zero-order valence-electron chi connectivity index (χ0n) is 11.1. The fourth-order valence-corrected chi connectivity index (χ4v) is 2.30. The lowest BCUT2D eigenvalue weighted by Gasteiger charge is -2.02. The molecule has 0 aliphatic carbocycles. The van der Waals surface area contributed by atoms with Crippen molar-refractivity contribution < 1.29 is 0 Å². The van der Waals surface area contributed by atoms with Crippen LogP contribution in [-0.4, -0.2) is 23.8 Å². The minimum atomic E-state index is -0.121. The Labute approximate surface area is 121 Å². The van der Waals surface area contributed by atoms with Gasteiger partial charge < -0.3 is 16.4 Å². The zero-order valence-corrected chi connectivity index (χ0v) is 11.9. The number of thiazole rings is 1. The minimum Gasteiger partial charge on any atom is -0.376 e. The molecule has 5 N–H and O–H groups in total. The van der Waals surface area contributed by atoms with Crippen LogP contribution < -0.4 is 16.4 Å². The normalized spacial score (nSPS) is 10.7. The highest BCUT2D eigenvalue weighted by Gasteiger charge is 2.08. The van der Waals surface area contributed by atoms with E-state index in [0.717, 1.165) is 23.5 Å². The second-order valence-electron chi connectivity index (χ2n) is 3.91. The van der Waals surface area contributed by atoms with Crippen molar-refractivity contribution in [3.63, 3.8) is 0 Å². The summed E-state index contributed by atoms with van der Waals surface area (Å²) in [6.45, 7) is 2.84. The highest BCUT2D eigenvalue weighted by atomic mass is 32.1. The molecular formula is C13H16N6S. The van der Waals surface area contributed by atoms with Crippen molar-refractivity contribution in [2.24, 2.45) is 10.7 Å². The molecule has 0 aliphatic rings. The van der Waals surface area contributed by atoms with Crippen LogP contribution in [0.5, 0.6) is 0 Å². The molecule has 0 spiro atoms. The Kier molecular flexibility index (Phi) is 4.67. The Hall–Kier alpha value is -2.41. The number of rotatable bonds is 5. The molecule has 0 amide bonds. The van der Waals surface area contributed by atoms with E-state index in [0.29, 0.717) is 5.13 Å². The standard InChI is InChI=1S/C13H16N6S/c1-2-16-8-17-10-6-4-3-5-9(10)11-7-20-13(18-11)19-12(14)15/h3-8H,2H2,1H3,(H,16,17)(H4,14,15,18,19). The molecule has 20 heavy (non-hydrogen) atoms. The summed E-state index contributed by atoms with van der Waals surface area (Å²) < 4.78 is 0. The van der Waals surface area contributed by atoms with Crippen LogP contribution in [0.4, 0.5) is 10.8 Å². The number of nitrogens with one attached hydrogen (secondary N) is 3. The van der Waals surface area contributed by atoms with Crippen LogP contribution in [0.2, 0.25) is 0 Å². The third-order valence-corrected chi connectivity index (χ3v) is 3.18. The van der Waals surface area contributed by atoms with Gasteiger partial charge in [0.15, 0.2) is 11.1 Å². The Morgan fingerprint density at radius 2 is 2.30 bits per heavy atom. The van der Waals surface area contributed by atoms with Crippen molar-refractivity contribution in [2.45, 2.75) is 6.92 Å². The largest absolute Gasteiger partial charge is 0.376 e. The van der Waals surface area contributed by atoms with Gasteiger partial charge >= 0.3 is 0 Å². The van der Waals surface area contributed by atoms with Gasteiger partial charge in [0.25, 0.3) is 0 Å². The predicted molar refractivity (Wildman–Crippen MR) is 84.9 cm³/mol. The number of benzene rings is 1. The van der Waals surface area contributed by atoms with Crippen LogP contribution in [0, 0.1) is 5.41 Å². The smallest absolute Gasteiger partial charge is 0.192 e. The van der Waals surface area contributed by atoms with Crippen LogP contribution in [0.3, 0.4) is 0 Å². The first kappa shape index (κ1) is 14.0. The number of aliphatic imine (C=N–C) groups is 1. The maximum Gasteiger partial charge on any atom is 0.192 e. The lowest BCUT2D eigenvalue weighted by molar-refractivity contribution is 0.987. The first-order valence-corrected chi connectivity index (χ1v) is 7.00. The topological polar surface area (TPSA) is 99.2 Å². The van der Waals surface area contributed by atoms with Crippen molar-refractivity contribution in [2.75, 3.05) is 11.9 Å². The molecule has 1 heterocycles. The van der Waals surface area contributed by atoms with Crippen molar-refractivity contribution in [1.29, 1.82) is 5.41 Å². The lowest BCUT2D eigenvalue weighted by atomic mass is 10.1. The Balaban J connectivity index is 2.27. The third-order valence-electron chi connectivity index (χ3n) is 2.42. The second kappa shape index (κ2) is 6.67. The van der Waals surface area contributed by atoms with Gasteiger partial charge in [0.2, 0.25) is 0 Å². The second-order valence-corrected chi connectivity index (χ2v) is 4.77. The summed E-state index contributed by atoms with van der Waals surface area (Å²) in [5.74, 6) is -0.121. The SMILES string of the molecule is CCN/C=N/c1ccccc1-c1csc(NC(=N)N)n1. The van der Waals surface area contributed by atoms with E-state index in [1.807, 2.05) is 36.6 Å². The summed E-state index contributed by atoms with van der Waals surface area (Å²) in [6, 6.07) is 7.77. The number of para-hydroxylation sites is 1. The zero-order chi connectivity index (χ0) is 14.4. The van der Waals surface area contributed by atoms with Gasteiger partial charge in [0.1, 0.15) is 0 Å². The molecule has 6 nitrogen and oxygen atoms in total. The molecule has 0 saturated heterocycles. The Morgan fingerprint density at radius 3 is 3.05 bits per heavy atom. The van der Waals surface area contributed by atoms with Gasteiger partial charge in [0.05, 0.1) is 17.7 Å². The molecule has 2 aromatic rings. The molecular weight excluding hydrogens is 272 g/mol. The van der Waals surface area contributed by atoms with Crippen LogP contribution in [0.25, 0.3) is 11.3 Å². The fourth-order valence-electron chi connectivity index (χ4n) is 1.58. The highest BCUT2D eigenvalue weighted by molar-refractivity contribution is 7.14. The maximum atomic E-state index is 7.20. The van der Waals surface area contributed by atoms with Crippen LogP contribution in [0.1, 0.15) is 6.92 Å². The van der Waals surface area contributed by atoms with E-state index in [1.165, 1.54) is 11.3 Å². The minimum absolute atomic E-state index is 0.121. The summed E-state index contributed by atoms with van der Waals surface area (Å²) in [6.07, 6.45) is 1.68. The third kappa shape index (κ3) is 3.55. The molecule has 0 unspecified atom stereocenters. The summed E-state index contributed by atoms with van der Waals surface area (Å²) in [5.41, 5.74) is 7.88. The van der Waals surface area contributed by atoms with E-state index in [1.54, 1.807) is 6.34 Å². The van der Waals surface area contributed by atoms with E-state index in [-0.39, 0.29) is 5.96 Å². The molecule has 0 fully saturated rings. The molecule has 7 heteroatoms.